The summed E-state index contributed by atoms with van der Waals surface area (Å²) < 4.78 is 4.87. The fraction of sp³-hybridized carbons (Fsp3) is 0.667. The van der Waals surface area contributed by atoms with Gasteiger partial charge in [-0.1, -0.05) is 6.92 Å². The Morgan fingerprint density at radius 2 is 2.11 bits per heavy atom. The maximum atomic E-state index is 9.52. The number of hydrogen-bond donors (Lipinski definition) is 3. The van der Waals surface area contributed by atoms with E-state index in [4.69, 9.17) is 4.74 Å². The molecule has 0 bridgehead atoms. The molecule has 0 aliphatic carbocycles. The number of aryl methyl sites for hydroxylation is 1. The summed E-state index contributed by atoms with van der Waals surface area (Å²) >= 11 is 0. The number of ether oxygens (including phenoxy) is 1. The smallest absolute Gasteiger partial charge is 0.132 e. The summed E-state index contributed by atoms with van der Waals surface area (Å²) in [7, 11) is 3.40. The highest BCUT2D eigenvalue weighted by atomic mass is 16.5. The van der Waals surface area contributed by atoms with Gasteiger partial charge < -0.3 is 20.5 Å². The number of hydrogen-bond acceptors (Lipinski definition) is 6. The minimum Gasteiger partial charge on any atom is -0.391 e. The summed E-state index contributed by atoms with van der Waals surface area (Å²) in [5, 5.41) is 15.7. The molecule has 0 radical (unpaired) electrons. The maximum Gasteiger partial charge on any atom is 0.132 e. The van der Waals surface area contributed by atoms with Gasteiger partial charge in [0.2, 0.25) is 0 Å². The molecule has 1 aromatic rings. The number of rotatable bonds is 8. The molecule has 0 saturated carbocycles. The van der Waals surface area contributed by atoms with Gasteiger partial charge in [0.1, 0.15) is 17.5 Å². The first-order chi connectivity index (χ1) is 8.69. The number of anilines is 2. The number of nitrogens with one attached hydrogen (secondary N) is 2. The van der Waals surface area contributed by atoms with Gasteiger partial charge in [0.05, 0.1) is 12.7 Å². The molecule has 0 spiro atoms. The van der Waals surface area contributed by atoms with Crippen molar-refractivity contribution in [2.75, 3.05) is 37.9 Å². The predicted molar refractivity (Wildman–Crippen MR) is 71.9 cm³/mol. The molecule has 0 aliphatic heterocycles. The molecule has 0 saturated heterocycles. The lowest BCUT2D eigenvalue weighted by Crippen LogP contribution is -2.19. The van der Waals surface area contributed by atoms with Crippen LogP contribution < -0.4 is 10.6 Å². The van der Waals surface area contributed by atoms with E-state index in [1.807, 2.05) is 20.0 Å². The molecule has 18 heavy (non-hydrogen) atoms. The standard InChI is InChI=1S/C12H22N4O2/c1-4-10-15-11(13-2)7-12(16-10)14-6-5-9(17)8-18-3/h7,9,17H,4-6,8H2,1-3H3,(H2,13,14,15,16). The maximum absolute atomic E-state index is 9.52. The number of aliphatic hydroxyl groups is 1. The molecule has 0 amide bonds. The van der Waals surface area contributed by atoms with E-state index in [-0.39, 0.29) is 0 Å². The molecule has 1 heterocycles. The molecule has 0 aromatic carbocycles. The molecule has 0 fully saturated rings. The molecule has 1 rings (SSSR count). The monoisotopic (exact) mass is 254 g/mol. The van der Waals surface area contributed by atoms with Gasteiger partial charge in [0.25, 0.3) is 0 Å². The van der Waals surface area contributed by atoms with Crippen molar-refractivity contribution >= 4 is 11.6 Å². The van der Waals surface area contributed by atoms with Crippen LogP contribution in [0, 0.1) is 0 Å². The summed E-state index contributed by atoms with van der Waals surface area (Å²) in [4.78, 5) is 8.68. The topological polar surface area (TPSA) is 79.3 Å². The largest absolute Gasteiger partial charge is 0.391 e. The number of aromatic nitrogens is 2. The van der Waals surface area contributed by atoms with Gasteiger partial charge >= 0.3 is 0 Å². The number of aliphatic hydroxyl groups excluding tert-OH is 1. The van der Waals surface area contributed by atoms with Crippen molar-refractivity contribution in [2.45, 2.75) is 25.9 Å². The van der Waals surface area contributed by atoms with Crippen molar-refractivity contribution in [3.63, 3.8) is 0 Å². The molecule has 1 aromatic heterocycles. The Bertz CT molecular complexity index is 338. The Kier molecular flexibility index (Phi) is 6.38. The minimum absolute atomic E-state index is 0.355. The average molecular weight is 254 g/mol. The summed E-state index contributed by atoms with van der Waals surface area (Å²) in [5.41, 5.74) is 0. The molecule has 0 aliphatic rings. The molecule has 3 N–H and O–H groups in total. The molecule has 1 atom stereocenters. The molecule has 102 valence electrons. The second kappa shape index (κ2) is 7.84. The summed E-state index contributed by atoms with van der Waals surface area (Å²) in [6, 6.07) is 1.85. The zero-order valence-electron chi connectivity index (χ0n) is 11.2. The third-order valence-electron chi connectivity index (χ3n) is 2.49. The first kappa shape index (κ1) is 14.7. The summed E-state index contributed by atoms with van der Waals surface area (Å²) in [5.74, 6) is 2.36. The van der Waals surface area contributed by atoms with E-state index < -0.39 is 6.10 Å². The fourth-order valence-corrected chi connectivity index (χ4v) is 1.52. The quantitative estimate of drug-likeness (QED) is 0.639. The van der Waals surface area contributed by atoms with Crippen LogP contribution in [0.4, 0.5) is 11.6 Å². The Morgan fingerprint density at radius 1 is 1.39 bits per heavy atom. The van der Waals surface area contributed by atoms with Crippen LogP contribution in [0.5, 0.6) is 0 Å². The zero-order chi connectivity index (χ0) is 13.4. The van der Waals surface area contributed by atoms with Crippen LogP contribution in [0.2, 0.25) is 0 Å². The molecule has 1 unspecified atom stereocenters. The van der Waals surface area contributed by atoms with Crippen LogP contribution >= 0.6 is 0 Å². The second-order valence-electron chi connectivity index (χ2n) is 3.98. The van der Waals surface area contributed by atoms with Gasteiger partial charge in [-0.2, -0.15) is 0 Å². The summed E-state index contributed by atoms with van der Waals surface area (Å²) in [6.45, 7) is 3.02. The number of methoxy groups -OCH3 is 1. The highest BCUT2D eigenvalue weighted by molar-refractivity contribution is 5.47. The lowest BCUT2D eigenvalue weighted by Gasteiger charge is -2.11. The van der Waals surface area contributed by atoms with E-state index in [0.717, 1.165) is 23.9 Å². The van der Waals surface area contributed by atoms with Crippen molar-refractivity contribution in [3.05, 3.63) is 11.9 Å². The highest BCUT2D eigenvalue weighted by Crippen LogP contribution is 2.11. The Balaban J connectivity index is 2.50. The van der Waals surface area contributed by atoms with Crippen molar-refractivity contribution < 1.29 is 9.84 Å². The summed E-state index contributed by atoms with van der Waals surface area (Å²) in [6.07, 6.45) is 0.962. The Morgan fingerprint density at radius 3 is 2.72 bits per heavy atom. The van der Waals surface area contributed by atoms with E-state index >= 15 is 0 Å². The van der Waals surface area contributed by atoms with E-state index in [9.17, 15) is 5.11 Å². The number of nitrogens with zero attached hydrogens (tertiary/aromatic N) is 2. The molecular weight excluding hydrogens is 232 g/mol. The van der Waals surface area contributed by atoms with Crippen LogP contribution in [0.3, 0.4) is 0 Å². The first-order valence-electron chi connectivity index (χ1n) is 6.16. The van der Waals surface area contributed by atoms with Gasteiger partial charge in [0.15, 0.2) is 0 Å². The van der Waals surface area contributed by atoms with Crippen LogP contribution in [0.1, 0.15) is 19.2 Å². The van der Waals surface area contributed by atoms with E-state index in [1.165, 1.54) is 0 Å². The van der Waals surface area contributed by atoms with Crippen LogP contribution in [0.25, 0.3) is 0 Å². The highest BCUT2D eigenvalue weighted by Gasteiger charge is 2.05. The molecular formula is C12H22N4O2. The van der Waals surface area contributed by atoms with Gasteiger partial charge in [-0.25, -0.2) is 9.97 Å². The average Bonchev–Trinajstić information content (AvgIpc) is 2.38. The van der Waals surface area contributed by atoms with Crippen molar-refractivity contribution in [1.29, 1.82) is 0 Å². The van der Waals surface area contributed by atoms with E-state index in [0.29, 0.717) is 19.6 Å². The predicted octanol–water partition coefficient (Wildman–Crippen LogP) is 0.890. The fourth-order valence-electron chi connectivity index (χ4n) is 1.52. The van der Waals surface area contributed by atoms with Crippen molar-refractivity contribution in [1.82, 2.24) is 9.97 Å². The molecule has 6 heteroatoms. The van der Waals surface area contributed by atoms with Gasteiger partial charge in [-0.05, 0) is 6.42 Å². The lowest BCUT2D eigenvalue weighted by atomic mass is 10.2. The van der Waals surface area contributed by atoms with E-state index in [1.54, 1.807) is 7.11 Å². The van der Waals surface area contributed by atoms with Crippen molar-refractivity contribution in [2.24, 2.45) is 0 Å². The Hall–Kier alpha value is -1.40. The first-order valence-corrected chi connectivity index (χ1v) is 6.16. The SMILES string of the molecule is CCc1nc(NC)cc(NCCC(O)COC)n1. The van der Waals surface area contributed by atoms with Crippen LogP contribution in [0.15, 0.2) is 6.07 Å². The van der Waals surface area contributed by atoms with E-state index in [2.05, 4.69) is 20.6 Å². The Labute approximate surface area is 108 Å². The normalized spacial score (nSPS) is 12.2. The third kappa shape index (κ3) is 4.85. The van der Waals surface area contributed by atoms with Gasteiger partial charge in [0, 0.05) is 33.2 Å². The third-order valence-corrected chi connectivity index (χ3v) is 2.49. The van der Waals surface area contributed by atoms with Crippen LogP contribution in [-0.2, 0) is 11.2 Å². The van der Waals surface area contributed by atoms with Gasteiger partial charge in [-0.3, -0.25) is 0 Å². The molecule has 6 nitrogen and oxygen atoms in total. The van der Waals surface area contributed by atoms with Crippen molar-refractivity contribution in [3.8, 4) is 0 Å². The van der Waals surface area contributed by atoms with Crippen LogP contribution in [-0.4, -0.2) is 48.5 Å². The van der Waals surface area contributed by atoms with Gasteiger partial charge in [-0.15, -0.1) is 0 Å². The minimum atomic E-state index is -0.446. The zero-order valence-corrected chi connectivity index (χ0v) is 11.2. The lowest BCUT2D eigenvalue weighted by molar-refractivity contribution is 0.0615. The second-order valence-corrected chi connectivity index (χ2v) is 3.98.